The lowest BCUT2D eigenvalue weighted by Crippen LogP contribution is -2.46. The van der Waals surface area contributed by atoms with Crippen LogP contribution in [0.4, 0.5) is 0 Å². The van der Waals surface area contributed by atoms with Gasteiger partial charge in [-0.05, 0) is 44.2 Å². The highest BCUT2D eigenvalue weighted by molar-refractivity contribution is 7.99. The summed E-state index contributed by atoms with van der Waals surface area (Å²) in [6.07, 6.45) is 0. The molecule has 0 radical (unpaired) electrons. The molecule has 0 amide bonds. The van der Waals surface area contributed by atoms with Crippen molar-refractivity contribution in [1.82, 2.24) is 20.4 Å². The van der Waals surface area contributed by atoms with Crippen LogP contribution in [0.1, 0.15) is 13.8 Å². The van der Waals surface area contributed by atoms with E-state index in [0.717, 1.165) is 42.9 Å². The number of thioether (sulfide) groups is 1. The number of rotatable bonds is 9. The topological polar surface area (TPSA) is 42.9 Å². The molecule has 1 heterocycles. The van der Waals surface area contributed by atoms with Crippen LogP contribution < -0.4 is 10.6 Å². The summed E-state index contributed by atoms with van der Waals surface area (Å²) in [5.74, 6) is 2.47. The maximum Gasteiger partial charge on any atom is 0.191 e. The molecule has 1 atom stereocenters. The molecule has 1 aliphatic rings. The largest absolute Gasteiger partial charge is 0.357 e. The van der Waals surface area contributed by atoms with Crippen molar-refractivity contribution in [3.05, 3.63) is 29.3 Å². The highest BCUT2D eigenvalue weighted by Gasteiger charge is 2.15. The van der Waals surface area contributed by atoms with E-state index in [1.165, 1.54) is 31.1 Å². The third-order valence-corrected chi connectivity index (χ3v) is 5.81. The zero-order chi connectivity index (χ0) is 19.5. The lowest BCUT2D eigenvalue weighted by Gasteiger charge is -2.33. The van der Waals surface area contributed by atoms with Gasteiger partial charge in [0.1, 0.15) is 0 Å². The smallest absolute Gasteiger partial charge is 0.191 e. The Morgan fingerprint density at radius 2 is 1.89 bits per heavy atom. The van der Waals surface area contributed by atoms with E-state index >= 15 is 0 Å². The van der Waals surface area contributed by atoms with Crippen molar-refractivity contribution in [2.24, 2.45) is 10.9 Å². The molecular weight excluding hydrogens is 378 g/mol. The minimum Gasteiger partial charge on any atom is -0.357 e. The minimum atomic E-state index is 0.562. The third-order valence-electron chi connectivity index (χ3n) is 4.55. The van der Waals surface area contributed by atoms with E-state index in [0.29, 0.717) is 5.92 Å². The summed E-state index contributed by atoms with van der Waals surface area (Å²) in [6, 6.07) is 7.99. The Morgan fingerprint density at radius 1 is 1.19 bits per heavy atom. The lowest BCUT2D eigenvalue weighted by molar-refractivity contribution is 0.140. The number of benzene rings is 1. The zero-order valence-corrected chi connectivity index (χ0v) is 18.5. The Hall–Kier alpha value is -0.950. The van der Waals surface area contributed by atoms with Crippen molar-refractivity contribution in [3.63, 3.8) is 0 Å². The van der Waals surface area contributed by atoms with Crippen LogP contribution in [0.3, 0.4) is 0 Å². The monoisotopic (exact) mass is 411 g/mol. The maximum atomic E-state index is 5.93. The summed E-state index contributed by atoms with van der Waals surface area (Å²) < 4.78 is 0. The Balaban J connectivity index is 1.68. The zero-order valence-electron chi connectivity index (χ0n) is 16.9. The number of nitrogens with one attached hydrogen (secondary N) is 2. The van der Waals surface area contributed by atoms with Crippen molar-refractivity contribution < 1.29 is 0 Å². The summed E-state index contributed by atoms with van der Waals surface area (Å²) >= 11 is 7.75. The molecule has 1 aliphatic heterocycles. The van der Waals surface area contributed by atoms with Crippen molar-refractivity contribution in [3.8, 4) is 0 Å². The summed E-state index contributed by atoms with van der Waals surface area (Å²) in [4.78, 5) is 11.0. The van der Waals surface area contributed by atoms with Crippen LogP contribution >= 0.6 is 23.4 Å². The van der Waals surface area contributed by atoms with Crippen LogP contribution in [0.15, 0.2) is 34.2 Å². The first-order valence-corrected chi connectivity index (χ1v) is 11.2. The molecule has 2 N–H and O–H groups in total. The first-order valence-electron chi connectivity index (χ1n) is 9.88. The third kappa shape index (κ3) is 9.19. The molecule has 1 aromatic carbocycles. The lowest BCUT2D eigenvalue weighted by atomic mass is 10.1. The minimum absolute atomic E-state index is 0.562. The molecule has 0 spiro atoms. The van der Waals surface area contributed by atoms with Crippen LogP contribution in [0.25, 0.3) is 0 Å². The van der Waals surface area contributed by atoms with Gasteiger partial charge in [-0.15, -0.1) is 11.8 Å². The number of guanidine groups is 1. The fourth-order valence-corrected chi connectivity index (χ4v) is 3.88. The summed E-state index contributed by atoms with van der Waals surface area (Å²) in [7, 11) is 2.20. The Labute approximate surface area is 173 Å². The number of nitrogens with zero attached hydrogens (tertiary/aromatic N) is 3. The molecule has 0 saturated carbocycles. The molecule has 1 saturated heterocycles. The van der Waals surface area contributed by atoms with Crippen LogP contribution in [0.2, 0.25) is 5.02 Å². The van der Waals surface area contributed by atoms with E-state index in [-0.39, 0.29) is 0 Å². The Bertz CT molecular complexity index is 558. The van der Waals surface area contributed by atoms with Gasteiger partial charge in [0.05, 0.1) is 0 Å². The molecule has 5 nitrogen and oxygen atoms in total. The number of likely N-dealkylation sites (N-methyl/N-ethyl adjacent to an activating group) is 1. The van der Waals surface area contributed by atoms with E-state index in [1.54, 1.807) is 0 Å². The average molecular weight is 412 g/mol. The van der Waals surface area contributed by atoms with Crippen LogP contribution in [0, 0.1) is 5.92 Å². The fourth-order valence-electron chi connectivity index (χ4n) is 2.99. The first-order chi connectivity index (χ1) is 13.1. The van der Waals surface area contributed by atoms with Gasteiger partial charge in [-0.3, -0.25) is 4.99 Å². The van der Waals surface area contributed by atoms with Crippen LogP contribution in [-0.4, -0.2) is 80.9 Å². The quantitative estimate of drug-likeness (QED) is 0.283. The van der Waals surface area contributed by atoms with Crippen LogP contribution in [0.5, 0.6) is 0 Å². The SMILES string of the molecule is CCNC(=NCC(C)CN1CCN(C)CC1)NCCSc1ccc(Cl)cc1. The normalized spacial score (nSPS) is 17.7. The van der Waals surface area contributed by atoms with Crippen molar-refractivity contribution in [1.29, 1.82) is 0 Å². The van der Waals surface area contributed by atoms with Gasteiger partial charge in [0, 0.05) is 68.0 Å². The summed E-state index contributed by atoms with van der Waals surface area (Å²) in [5, 5.41) is 7.57. The Morgan fingerprint density at radius 3 is 2.56 bits per heavy atom. The number of piperazine rings is 1. The second kappa shape index (κ2) is 12.5. The van der Waals surface area contributed by atoms with Gasteiger partial charge in [-0.1, -0.05) is 18.5 Å². The molecule has 1 aromatic rings. The summed E-state index contributed by atoms with van der Waals surface area (Å²) in [6.45, 7) is 12.8. The highest BCUT2D eigenvalue weighted by Crippen LogP contribution is 2.19. The first kappa shape index (κ1) is 22.3. The van der Waals surface area contributed by atoms with E-state index < -0.39 is 0 Å². The molecule has 0 aromatic heterocycles. The number of halogens is 1. The molecular formula is C20H34ClN5S. The summed E-state index contributed by atoms with van der Waals surface area (Å²) in [5.41, 5.74) is 0. The molecule has 2 rings (SSSR count). The van der Waals surface area contributed by atoms with Crippen LogP contribution in [-0.2, 0) is 0 Å². The van der Waals surface area contributed by atoms with E-state index in [2.05, 4.69) is 53.5 Å². The van der Waals surface area contributed by atoms with Gasteiger partial charge < -0.3 is 20.4 Å². The van der Waals surface area contributed by atoms with Crippen molar-refractivity contribution in [2.45, 2.75) is 18.7 Å². The maximum absolute atomic E-state index is 5.93. The molecule has 27 heavy (non-hydrogen) atoms. The molecule has 0 bridgehead atoms. The molecule has 1 unspecified atom stereocenters. The van der Waals surface area contributed by atoms with Gasteiger partial charge in [0.15, 0.2) is 5.96 Å². The van der Waals surface area contributed by atoms with E-state index in [1.807, 2.05) is 23.9 Å². The fraction of sp³-hybridized carbons (Fsp3) is 0.650. The van der Waals surface area contributed by atoms with Crippen molar-refractivity contribution in [2.75, 3.05) is 65.2 Å². The molecule has 152 valence electrons. The Kier molecular flexibility index (Phi) is 10.3. The molecule has 1 fully saturated rings. The number of aliphatic imine (C=N–C) groups is 1. The standard InChI is InChI=1S/C20H34ClN5S/c1-4-22-20(23-9-14-27-19-7-5-18(21)6-8-19)24-15-17(2)16-26-12-10-25(3)11-13-26/h5-8,17H,4,9-16H2,1-3H3,(H2,22,23,24). The van der Waals surface area contributed by atoms with Crippen molar-refractivity contribution >= 4 is 29.3 Å². The number of hydrogen-bond acceptors (Lipinski definition) is 4. The van der Waals surface area contributed by atoms with Gasteiger partial charge >= 0.3 is 0 Å². The van der Waals surface area contributed by atoms with Gasteiger partial charge in [0.2, 0.25) is 0 Å². The van der Waals surface area contributed by atoms with E-state index in [4.69, 9.17) is 16.6 Å². The van der Waals surface area contributed by atoms with Gasteiger partial charge in [0.25, 0.3) is 0 Å². The predicted octanol–water partition coefficient (Wildman–Crippen LogP) is 2.87. The second-order valence-corrected chi connectivity index (χ2v) is 8.76. The highest BCUT2D eigenvalue weighted by atomic mass is 35.5. The average Bonchev–Trinajstić information content (AvgIpc) is 2.66. The molecule has 0 aliphatic carbocycles. The van der Waals surface area contributed by atoms with Gasteiger partial charge in [-0.2, -0.15) is 0 Å². The molecule has 7 heteroatoms. The number of hydrogen-bond donors (Lipinski definition) is 2. The van der Waals surface area contributed by atoms with Gasteiger partial charge in [-0.25, -0.2) is 0 Å². The van der Waals surface area contributed by atoms with E-state index in [9.17, 15) is 0 Å². The predicted molar refractivity (Wildman–Crippen MR) is 119 cm³/mol. The second-order valence-electron chi connectivity index (χ2n) is 7.16.